The number of benzene rings is 1. The van der Waals surface area contributed by atoms with Gasteiger partial charge in [0.05, 0.1) is 4.47 Å². The first-order valence-electron chi connectivity index (χ1n) is 5.07. The summed E-state index contributed by atoms with van der Waals surface area (Å²) in [5.74, 6) is -0.507. The van der Waals surface area contributed by atoms with Crippen LogP contribution in [0.4, 0.5) is 17.6 Å². The van der Waals surface area contributed by atoms with Gasteiger partial charge in [0.25, 0.3) is 0 Å². The Labute approximate surface area is 105 Å². The minimum absolute atomic E-state index is 0.101. The lowest BCUT2D eigenvalue weighted by atomic mass is 10.0. The summed E-state index contributed by atoms with van der Waals surface area (Å²) in [6.45, 7) is 0. The molecule has 0 saturated heterocycles. The van der Waals surface area contributed by atoms with Crippen LogP contribution in [0.2, 0.25) is 0 Å². The van der Waals surface area contributed by atoms with Gasteiger partial charge >= 0.3 is 6.18 Å². The molecule has 1 atom stereocenters. The van der Waals surface area contributed by atoms with E-state index in [1.807, 2.05) is 0 Å². The predicted molar refractivity (Wildman–Crippen MR) is 60.9 cm³/mol. The zero-order valence-corrected chi connectivity index (χ0v) is 10.5. The van der Waals surface area contributed by atoms with Crippen molar-refractivity contribution in [2.75, 3.05) is 0 Å². The van der Waals surface area contributed by atoms with Crippen molar-refractivity contribution in [3.63, 3.8) is 0 Å². The summed E-state index contributed by atoms with van der Waals surface area (Å²) in [7, 11) is 0. The summed E-state index contributed by atoms with van der Waals surface area (Å²) in [6.07, 6.45) is -5.07. The van der Waals surface area contributed by atoms with Crippen molar-refractivity contribution in [3.05, 3.63) is 34.1 Å². The van der Waals surface area contributed by atoms with E-state index in [1.165, 1.54) is 12.1 Å². The molecule has 2 N–H and O–H groups in total. The average molecular weight is 314 g/mol. The highest BCUT2D eigenvalue weighted by Gasteiger charge is 2.26. The summed E-state index contributed by atoms with van der Waals surface area (Å²) < 4.78 is 49.6. The molecule has 0 spiro atoms. The second-order valence-corrected chi connectivity index (χ2v) is 4.61. The molecule has 1 unspecified atom stereocenters. The molecular weight excluding hydrogens is 302 g/mol. The van der Waals surface area contributed by atoms with Gasteiger partial charge in [-0.1, -0.05) is 12.1 Å². The van der Waals surface area contributed by atoms with Crippen molar-refractivity contribution < 1.29 is 17.6 Å². The molecule has 0 aromatic heterocycles. The number of halogens is 5. The monoisotopic (exact) mass is 313 g/mol. The first-order valence-corrected chi connectivity index (χ1v) is 5.87. The molecule has 1 aromatic carbocycles. The highest BCUT2D eigenvalue weighted by Crippen LogP contribution is 2.28. The van der Waals surface area contributed by atoms with Gasteiger partial charge in [-0.2, -0.15) is 13.2 Å². The van der Waals surface area contributed by atoms with Gasteiger partial charge in [0.1, 0.15) is 5.82 Å². The highest BCUT2D eigenvalue weighted by atomic mass is 79.9. The molecule has 0 amide bonds. The molecule has 0 radical (unpaired) electrons. The van der Waals surface area contributed by atoms with Gasteiger partial charge in [0.15, 0.2) is 0 Å². The van der Waals surface area contributed by atoms with Crippen molar-refractivity contribution in [2.24, 2.45) is 5.73 Å². The minimum atomic E-state index is -4.18. The van der Waals surface area contributed by atoms with Crippen LogP contribution in [0, 0.1) is 5.82 Å². The van der Waals surface area contributed by atoms with E-state index in [1.54, 1.807) is 6.07 Å². The lowest BCUT2D eigenvalue weighted by Crippen LogP contribution is -2.14. The first kappa shape index (κ1) is 14.4. The standard InChI is InChI=1S/C11H12BrF4N/c12-8-4-1-3-7(10(8)13)9(17)5-2-6-11(14,15)16/h1,3-4,9H,2,5-6,17H2. The number of hydrogen-bond acceptors (Lipinski definition) is 1. The van der Waals surface area contributed by atoms with E-state index in [9.17, 15) is 17.6 Å². The predicted octanol–water partition coefficient (Wildman–Crippen LogP) is 4.32. The lowest BCUT2D eigenvalue weighted by molar-refractivity contribution is -0.135. The molecule has 1 nitrogen and oxygen atoms in total. The fraction of sp³-hybridized carbons (Fsp3) is 0.455. The van der Waals surface area contributed by atoms with Crippen LogP contribution in [0.3, 0.4) is 0 Å². The molecule has 1 rings (SSSR count). The van der Waals surface area contributed by atoms with Crippen LogP contribution < -0.4 is 5.73 Å². The fourth-order valence-corrected chi connectivity index (χ4v) is 1.87. The van der Waals surface area contributed by atoms with E-state index in [0.29, 0.717) is 0 Å². The largest absolute Gasteiger partial charge is 0.389 e. The van der Waals surface area contributed by atoms with E-state index >= 15 is 0 Å². The molecule has 1 aromatic rings. The van der Waals surface area contributed by atoms with Crippen LogP contribution in [-0.2, 0) is 0 Å². The molecule has 0 fully saturated rings. The van der Waals surface area contributed by atoms with Crippen LogP contribution in [0.15, 0.2) is 22.7 Å². The van der Waals surface area contributed by atoms with Crippen molar-refractivity contribution in [1.29, 1.82) is 0 Å². The highest BCUT2D eigenvalue weighted by molar-refractivity contribution is 9.10. The number of nitrogens with two attached hydrogens (primary N) is 1. The van der Waals surface area contributed by atoms with Gasteiger partial charge in [-0.25, -0.2) is 4.39 Å². The van der Waals surface area contributed by atoms with Gasteiger partial charge in [0.2, 0.25) is 0 Å². The molecule has 0 heterocycles. The zero-order chi connectivity index (χ0) is 13.1. The minimum Gasteiger partial charge on any atom is -0.324 e. The first-order chi connectivity index (χ1) is 7.81. The second-order valence-electron chi connectivity index (χ2n) is 3.76. The Morgan fingerprint density at radius 2 is 1.94 bits per heavy atom. The number of rotatable bonds is 4. The summed E-state index contributed by atoms with van der Waals surface area (Å²) in [4.78, 5) is 0. The van der Waals surface area contributed by atoms with Gasteiger partial charge in [-0.05, 0) is 34.8 Å². The maximum Gasteiger partial charge on any atom is 0.389 e. The quantitative estimate of drug-likeness (QED) is 0.823. The topological polar surface area (TPSA) is 26.0 Å². The summed E-state index contributed by atoms with van der Waals surface area (Å²) in [5, 5.41) is 0. The Morgan fingerprint density at radius 3 is 2.53 bits per heavy atom. The van der Waals surface area contributed by atoms with E-state index in [2.05, 4.69) is 15.9 Å². The fourth-order valence-electron chi connectivity index (χ4n) is 1.48. The summed E-state index contributed by atoms with van der Waals surface area (Å²) >= 11 is 3.00. The molecule has 0 aliphatic heterocycles. The van der Waals surface area contributed by atoms with Crippen molar-refractivity contribution in [3.8, 4) is 0 Å². The Balaban J connectivity index is 2.58. The van der Waals surface area contributed by atoms with Crippen LogP contribution in [-0.4, -0.2) is 6.18 Å². The van der Waals surface area contributed by atoms with Crippen LogP contribution in [0.5, 0.6) is 0 Å². The van der Waals surface area contributed by atoms with E-state index in [-0.39, 0.29) is 22.9 Å². The van der Waals surface area contributed by atoms with Crippen LogP contribution >= 0.6 is 15.9 Å². The van der Waals surface area contributed by atoms with E-state index in [4.69, 9.17) is 5.73 Å². The van der Waals surface area contributed by atoms with E-state index in [0.717, 1.165) is 0 Å². The Bertz CT molecular complexity index is 378. The zero-order valence-electron chi connectivity index (χ0n) is 8.90. The normalized spacial score (nSPS) is 13.8. The molecule has 0 aliphatic rings. The van der Waals surface area contributed by atoms with Crippen molar-refractivity contribution in [1.82, 2.24) is 0 Å². The van der Waals surface area contributed by atoms with Crippen LogP contribution in [0.1, 0.15) is 30.9 Å². The molecule has 0 saturated carbocycles. The number of hydrogen-bond donors (Lipinski definition) is 1. The van der Waals surface area contributed by atoms with Gasteiger partial charge < -0.3 is 5.73 Å². The Morgan fingerprint density at radius 1 is 1.29 bits per heavy atom. The smallest absolute Gasteiger partial charge is 0.324 e. The lowest BCUT2D eigenvalue weighted by Gasteiger charge is -2.14. The summed E-state index contributed by atoms with van der Waals surface area (Å²) in [5.41, 5.74) is 5.90. The third kappa shape index (κ3) is 4.63. The second kappa shape index (κ2) is 5.82. The van der Waals surface area contributed by atoms with Gasteiger partial charge in [-0.15, -0.1) is 0 Å². The SMILES string of the molecule is NC(CCCC(F)(F)F)c1cccc(Br)c1F. The summed E-state index contributed by atoms with van der Waals surface area (Å²) in [6, 6.07) is 3.89. The molecule has 0 aliphatic carbocycles. The molecule has 0 bridgehead atoms. The third-order valence-electron chi connectivity index (χ3n) is 2.36. The third-order valence-corrected chi connectivity index (χ3v) is 2.97. The Hall–Kier alpha value is -0.620. The maximum atomic E-state index is 13.6. The van der Waals surface area contributed by atoms with Gasteiger partial charge in [-0.3, -0.25) is 0 Å². The van der Waals surface area contributed by atoms with Crippen LogP contribution in [0.25, 0.3) is 0 Å². The maximum absolute atomic E-state index is 13.6. The molecule has 6 heteroatoms. The number of alkyl halides is 3. The Kier molecular flexibility index (Phi) is 4.94. The van der Waals surface area contributed by atoms with Crippen molar-refractivity contribution >= 4 is 15.9 Å². The molecule has 96 valence electrons. The molecule has 17 heavy (non-hydrogen) atoms. The molecular formula is C11H12BrF4N. The average Bonchev–Trinajstić information content (AvgIpc) is 2.20. The van der Waals surface area contributed by atoms with E-state index < -0.39 is 24.5 Å². The van der Waals surface area contributed by atoms with Gasteiger partial charge in [0, 0.05) is 18.0 Å². The van der Waals surface area contributed by atoms with Crippen molar-refractivity contribution in [2.45, 2.75) is 31.5 Å².